The molecule has 0 saturated heterocycles. The van der Waals surface area contributed by atoms with Crippen LogP contribution in [0.4, 0.5) is 0 Å². The molecule has 0 aromatic heterocycles. The van der Waals surface area contributed by atoms with Gasteiger partial charge >= 0.3 is 30.8 Å². The van der Waals surface area contributed by atoms with Crippen molar-refractivity contribution in [3.05, 3.63) is 0 Å². The monoisotopic (exact) mass is 196 g/mol. The Morgan fingerprint density at radius 2 is 1.93 bits per heavy atom. The van der Waals surface area contributed by atoms with E-state index in [9.17, 15) is 14.7 Å². The summed E-state index contributed by atoms with van der Waals surface area (Å²) in [6.45, 7) is -0.427. The minimum atomic E-state index is -1.55. The maximum Gasteiger partial charge on any atom is 1.00 e. The molecular weight excluding hydrogens is 187 g/mol. The van der Waals surface area contributed by atoms with Crippen LogP contribution in [-0.4, -0.2) is 40.6 Å². The van der Waals surface area contributed by atoms with Crippen molar-refractivity contribution < 1.29 is 43.8 Å². The third-order valence-electron chi connectivity index (χ3n) is 1.13. The van der Waals surface area contributed by atoms with Crippen LogP contribution < -0.4 is 29.7 Å². The summed E-state index contributed by atoms with van der Waals surface area (Å²) in [6.07, 6.45) is -0.721. The molecule has 0 aromatic rings. The van der Waals surface area contributed by atoms with Gasteiger partial charge in [-0.1, -0.05) is 0 Å². The predicted octanol–water partition coefficient (Wildman–Crippen LogP) is -5.36. The molecule has 0 saturated carbocycles. The average Bonchev–Trinajstić information content (AvgIpc) is 2.02. The molecule has 0 bridgehead atoms. The molecule has 1 atom stereocenters. The number of nitrogens with two attached hydrogens (primary N) is 1. The van der Waals surface area contributed by atoms with Gasteiger partial charge in [0.25, 0.3) is 0 Å². The van der Waals surface area contributed by atoms with Gasteiger partial charge in [0.2, 0.25) is 0 Å². The van der Waals surface area contributed by atoms with Gasteiger partial charge in [-0.25, -0.2) is 4.79 Å². The third kappa shape index (κ3) is 6.48. The van der Waals surface area contributed by atoms with Gasteiger partial charge < -0.3 is 21.1 Å². The van der Waals surface area contributed by atoms with Crippen molar-refractivity contribution in [2.24, 2.45) is 10.7 Å². The standard InChI is InChI=1S/C6H10N2O5.Li/c7-2-4(9)8-3(6(12)13)1-5(10)11;/h3H,1-2,7H2,(H,8,9)(H,10,11)(H,12,13);/q;+1/p-1/t3-;/m0./s1. The van der Waals surface area contributed by atoms with Gasteiger partial charge in [-0.05, 0) is 5.90 Å². The fourth-order valence-corrected chi connectivity index (χ4v) is 0.580. The largest absolute Gasteiger partial charge is 1.00 e. The molecule has 0 heterocycles. The fraction of sp³-hybridized carbons (Fsp3) is 0.500. The topological polar surface area (TPSA) is 136 Å². The normalized spacial score (nSPS) is 12.8. The van der Waals surface area contributed by atoms with Crippen LogP contribution in [0.15, 0.2) is 4.99 Å². The van der Waals surface area contributed by atoms with Gasteiger partial charge in [0.15, 0.2) is 6.04 Å². The van der Waals surface area contributed by atoms with E-state index in [1.807, 2.05) is 0 Å². The Balaban J connectivity index is 0. The van der Waals surface area contributed by atoms with E-state index in [2.05, 4.69) is 4.99 Å². The first-order valence-corrected chi connectivity index (χ1v) is 3.35. The van der Waals surface area contributed by atoms with Crippen LogP contribution in [0.1, 0.15) is 6.42 Å². The van der Waals surface area contributed by atoms with E-state index in [0.717, 1.165) is 0 Å². The molecule has 7 nitrogen and oxygen atoms in total. The van der Waals surface area contributed by atoms with Crippen molar-refractivity contribution in [2.75, 3.05) is 6.54 Å². The number of carboxylic acids is 2. The number of aliphatic imine (C=N–C) groups is 1. The number of hydrogen-bond donors (Lipinski definition) is 3. The van der Waals surface area contributed by atoms with Gasteiger partial charge in [-0.15, -0.1) is 0 Å². The minimum absolute atomic E-state index is 0. The number of rotatable bonds is 5. The molecule has 0 unspecified atom stereocenters. The molecule has 0 amide bonds. The zero-order valence-corrected chi connectivity index (χ0v) is 7.64. The maximum atomic E-state index is 10.6. The number of carbonyl (C=O) groups is 2. The number of nitrogens with zero attached hydrogens (tertiary/aromatic N) is 1. The van der Waals surface area contributed by atoms with Crippen molar-refractivity contribution in [1.82, 2.24) is 0 Å². The van der Waals surface area contributed by atoms with Crippen molar-refractivity contribution in [3.63, 3.8) is 0 Å². The van der Waals surface area contributed by atoms with Gasteiger partial charge in [-0.3, -0.25) is 9.79 Å². The van der Waals surface area contributed by atoms with Crippen LogP contribution in [-0.2, 0) is 9.59 Å². The van der Waals surface area contributed by atoms with Crippen molar-refractivity contribution in [3.8, 4) is 0 Å². The summed E-state index contributed by atoms with van der Waals surface area (Å²) in [6, 6.07) is -1.55. The molecule has 14 heavy (non-hydrogen) atoms. The van der Waals surface area contributed by atoms with Crippen molar-refractivity contribution in [1.29, 1.82) is 0 Å². The van der Waals surface area contributed by atoms with Crippen LogP contribution in [0, 0.1) is 0 Å². The van der Waals surface area contributed by atoms with Crippen molar-refractivity contribution in [2.45, 2.75) is 12.5 Å². The van der Waals surface area contributed by atoms with E-state index in [0.29, 0.717) is 0 Å². The summed E-state index contributed by atoms with van der Waals surface area (Å²) in [5, 5.41) is 27.2. The summed E-state index contributed by atoms with van der Waals surface area (Å²) in [5.41, 5.74) is 4.87. The summed E-state index contributed by atoms with van der Waals surface area (Å²) >= 11 is 0. The van der Waals surface area contributed by atoms with E-state index in [1.165, 1.54) is 0 Å². The average molecular weight is 196 g/mol. The minimum Gasteiger partial charge on any atom is -0.861 e. The first-order chi connectivity index (χ1) is 5.97. The first kappa shape index (κ1) is 15.4. The molecule has 0 spiro atoms. The van der Waals surface area contributed by atoms with E-state index in [1.54, 1.807) is 0 Å². The second-order valence-corrected chi connectivity index (χ2v) is 2.18. The Labute approximate surface area is 91.8 Å². The zero-order chi connectivity index (χ0) is 10.4. The van der Waals surface area contributed by atoms with E-state index < -0.39 is 36.8 Å². The molecule has 0 aliphatic heterocycles. The van der Waals surface area contributed by atoms with Gasteiger partial charge in [0.05, 0.1) is 6.42 Å². The predicted molar refractivity (Wildman–Crippen MR) is 40.2 cm³/mol. The molecular formula is C6H9LiN2O5. The van der Waals surface area contributed by atoms with E-state index in [-0.39, 0.29) is 18.9 Å². The Hall–Kier alpha value is -1.03. The van der Waals surface area contributed by atoms with Crippen LogP contribution in [0.5, 0.6) is 0 Å². The van der Waals surface area contributed by atoms with Gasteiger partial charge in [0.1, 0.15) is 0 Å². The summed E-state index contributed by atoms with van der Waals surface area (Å²) in [5.74, 6) is -3.61. The van der Waals surface area contributed by atoms with Crippen LogP contribution in [0.25, 0.3) is 0 Å². The molecule has 0 aliphatic carbocycles. The fourth-order valence-electron chi connectivity index (χ4n) is 0.580. The molecule has 0 rings (SSSR count). The maximum absolute atomic E-state index is 10.6. The molecule has 4 N–H and O–H groups in total. The second-order valence-electron chi connectivity index (χ2n) is 2.18. The number of hydrogen-bond acceptors (Lipinski definition) is 5. The Morgan fingerprint density at radius 3 is 2.21 bits per heavy atom. The number of carboxylic acid groups (broad SMARTS) is 2. The molecule has 0 fully saturated rings. The van der Waals surface area contributed by atoms with Gasteiger partial charge in [0, 0.05) is 6.54 Å². The zero-order valence-electron chi connectivity index (χ0n) is 7.64. The van der Waals surface area contributed by atoms with Crippen molar-refractivity contribution >= 4 is 17.8 Å². The Morgan fingerprint density at radius 1 is 1.43 bits per heavy atom. The van der Waals surface area contributed by atoms with E-state index >= 15 is 0 Å². The van der Waals surface area contributed by atoms with Crippen LogP contribution in [0.3, 0.4) is 0 Å². The third-order valence-corrected chi connectivity index (χ3v) is 1.13. The molecule has 0 aliphatic rings. The molecule has 74 valence electrons. The second kappa shape index (κ2) is 7.38. The first-order valence-electron chi connectivity index (χ1n) is 3.35. The summed E-state index contributed by atoms with van der Waals surface area (Å²) in [4.78, 5) is 23.5. The van der Waals surface area contributed by atoms with Crippen LogP contribution >= 0.6 is 0 Å². The van der Waals surface area contributed by atoms with Crippen LogP contribution in [0.2, 0.25) is 0 Å². The quantitative estimate of drug-likeness (QED) is 0.228. The SMILES string of the molecule is NCC([O-])=N[C@@H](CC(=O)O)C(=O)O.[Li+]. The Kier molecular flexibility index (Phi) is 8.14. The summed E-state index contributed by atoms with van der Waals surface area (Å²) < 4.78 is 0. The smallest absolute Gasteiger partial charge is 0.861 e. The molecule has 0 aromatic carbocycles. The van der Waals surface area contributed by atoms with E-state index in [4.69, 9.17) is 15.9 Å². The number of aliphatic carboxylic acids is 2. The Bertz CT molecular complexity index is 242. The molecule has 0 radical (unpaired) electrons. The molecule has 8 heteroatoms. The van der Waals surface area contributed by atoms with Gasteiger partial charge in [-0.2, -0.15) is 0 Å². The summed E-state index contributed by atoms with van der Waals surface area (Å²) in [7, 11) is 0.